The van der Waals surface area contributed by atoms with Crippen LogP contribution in [0.15, 0.2) is 12.4 Å². The largest absolute Gasteiger partial charge is 0.352 e. The van der Waals surface area contributed by atoms with Crippen molar-refractivity contribution in [3.05, 3.63) is 18.0 Å². The molecular formula is C18H30ClN5O2. The number of aromatic nitrogens is 2. The van der Waals surface area contributed by atoms with E-state index in [1.807, 2.05) is 31.3 Å². The van der Waals surface area contributed by atoms with E-state index in [1.54, 1.807) is 4.68 Å². The second-order valence-electron chi connectivity index (χ2n) is 7.26. The van der Waals surface area contributed by atoms with Gasteiger partial charge in [0.1, 0.15) is 0 Å². The first-order valence-electron chi connectivity index (χ1n) is 9.36. The highest BCUT2D eigenvalue weighted by atomic mass is 35.5. The molecule has 0 aliphatic carbocycles. The van der Waals surface area contributed by atoms with Gasteiger partial charge in [0.15, 0.2) is 0 Å². The lowest BCUT2D eigenvalue weighted by Gasteiger charge is -2.35. The van der Waals surface area contributed by atoms with Crippen LogP contribution in [0.25, 0.3) is 0 Å². The molecule has 0 spiro atoms. The topological polar surface area (TPSA) is 79.3 Å². The fourth-order valence-electron chi connectivity index (χ4n) is 3.98. The van der Waals surface area contributed by atoms with Crippen molar-refractivity contribution in [1.29, 1.82) is 0 Å². The van der Waals surface area contributed by atoms with Crippen LogP contribution in [-0.2, 0) is 16.6 Å². The quantitative estimate of drug-likeness (QED) is 0.796. The van der Waals surface area contributed by atoms with E-state index >= 15 is 0 Å². The number of amides is 2. The zero-order valence-corrected chi connectivity index (χ0v) is 16.4. The summed E-state index contributed by atoms with van der Waals surface area (Å²) in [6.45, 7) is 4.94. The molecule has 0 bridgehead atoms. The third kappa shape index (κ3) is 4.76. The van der Waals surface area contributed by atoms with E-state index in [-0.39, 0.29) is 42.1 Å². The van der Waals surface area contributed by atoms with Gasteiger partial charge in [-0.2, -0.15) is 5.10 Å². The van der Waals surface area contributed by atoms with Gasteiger partial charge in [0.05, 0.1) is 12.1 Å². The van der Waals surface area contributed by atoms with Crippen LogP contribution in [0, 0.1) is 5.92 Å². The number of nitrogens with zero attached hydrogens (tertiary/aromatic N) is 3. The lowest BCUT2D eigenvalue weighted by atomic mass is 9.89. The molecule has 146 valence electrons. The molecule has 0 radical (unpaired) electrons. The highest BCUT2D eigenvalue weighted by Gasteiger charge is 2.38. The molecule has 1 aromatic heterocycles. The van der Waals surface area contributed by atoms with Gasteiger partial charge in [-0.1, -0.05) is 6.92 Å². The molecule has 3 heterocycles. The Morgan fingerprint density at radius 2 is 2.19 bits per heavy atom. The smallest absolute Gasteiger partial charge is 0.227 e. The molecule has 1 aromatic rings. The Labute approximate surface area is 161 Å². The van der Waals surface area contributed by atoms with Crippen molar-refractivity contribution in [3.63, 3.8) is 0 Å². The molecule has 1 unspecified atom stereocenters. The predicted octanol–water partition coefficient (Wildman–Crippen LogP) is 1.05. The second-order valence-corrected chi connectivity index (χ2v) is 7.26. The van der Waals surface area contributed by atoms with Crippen LogP contribution in [0.4, 0.5) is 0 Å². The van der Waals surface area contributed by atoms with Crippen molar-refractivity contribution >= 4 is 24.2 Å². The van der Waals surface area contributed by atoms with E-state index in [4.69, 9.17) is 0 Å². The van der Waals surface area contributed by atoms with Crippen LogP contribution in [0.2, 0.25) is 0 Å². The Morgan fingerprint density at radius 3 is 2.88 bits per heavy atom. The molecule has 3 rings (SSSR count). The zero-order valence-electron chi connectivity index (χ0n) is 15.6. The van der Waals surface area contributed by atoms with Crippen molar-refractivity contribution < 1.29 is 9.59 Å². The lowest BCUT2D eigenvalue weighted by Crippen LogP contribution is -2.51. The summed E-state index contributed by atoms with van der Waals surface area (Å²) in [4.78, 5) is 26.9. The molecule has 2 N–H and O–H groups in total. The van der Waals surface area contributed by atoms with Gasteiger partial charge in [-0.25, -0.2) is 0 Å². The zero-order chi connectivity index (χ0) is 17.8. The maximum absolute atomic E-state index is 13.1. The summed E-state index contributed by atoms with van der Waals surface area (Å²) < 4.78 is 1.79. The Bertz CT molecular complexity index is 620. The van der Waals surface area contributed by atoms with Crippen molar-refractivity contribution in [1.82, 2.24) is 25.3 Å². The number of piperidine rings is 1. The minimum atomic E-state index is -0.0470. The van der Waals surface area contributed by atoms with Crippen LogP contribution in [-0.4, -0.2) is 58.7 Å². The van der Waals surface area contributed by atoms with E-state index < -0.39 is 0 Å². The number of likely N-dealkylation sites (tertiary alicyclic amines) is 1. The third-order valence-corrected chi connectivity index (χ3v) is 5.26. The number of carbonyl (C=O) groups is 2. The average molecular weight is 384 g/mol. The van der Waals surface area contributed by atoms with E-state index in [0.717, 1.165) is 37.9 Å². The van der Waals surface area contributed by atoms with Gasteiger partial charge in [-0.15, -0.1) is 12.4 Å². The molecular weight excluding hydrogens is 354 g/mol. The molecule has 2 saturated heterocycles. The molecule has 7 nitrogen and oxygen atoms in total. The van der Waals surface area contributed by atoms with E-state index in [0.29, 0.717) is 19.5 Å². The Hall–Kier alpha value is -1.60. The first-order valence-corrected chi connectivity index (χ1v) is 9.36. The van der Waals surface area contributed by atoms with Gasteiger partial charge < -0.3 is 15.5 Å². The molecule has 2 amide bonds. The van der Waals surface area contributed by atoms with Gasteiger partial charge in [-0.3, -0.25) is 14.3 Å². The van der Waals surface area contributed by atoms with Gasteiger partial charge in [0, 0.05) is 57.8 Å². The number of nitrogens with one attached hydrogen (secondary N) is 2. The van der Waals surface area contributed by atoms with Crippen LogP contribution in [0.1, 0.15) is 44.1 Å². The minimum absolute atomic E-state index is 0. The first-order chi connectivity index (χ1) is 12.1. The number of hydrogen-bond acceptors (Lipinski definition) is 4. The van der Waals surface area contributed by atoms with Crippen LogP contribution >= 0.6 is 12.4 Å². The van der Waals surface area contributed by atoms with Crippen molar-refractivity contribution in [2.24, 2.45) is 13.0 Å². The predicted molar refractivity (Wildman–Crippen MR) is 102 cm³/mol. The molecule has 2 aliphatic rings. The highest BCUT2D eigenvalue weighted by Crippen LogP contribution is 2.30. The number of carbonyl (C=O) groups excluding carboxylic acids is 2. The normalized spacial score (nSPS) is 25.6. The van der Waals surface area contributed by atoms with Crippen molar-refractivity contribution in [3.8, 4) is 0 Å². The third-order valence-electron chi connectivity index (χ3n) is 5.26. The summed E-state index contributed by atoms with van der Waals surface area (Å²) in [6.07, 6.45) is 7.17. The summed E-state index contributed by atoms with van der Waals surface area (Å²) in [6, 6.07) is 0.0861. The molecule has 2 fully saturated rings. The molecule has 2 aliphatic heterocycles. The van der Waals surface area contributed by atoms with E-state index in [2.05, 4.69) is 15.7 Å². The summed E-state index contributed by atoms with van der Waals surface area (Å²) in [5.74, 6) is 0.427. The van der Waals surface area contributed by atoms with Gasteiger partial charge in [-0.05, 0) is 24.8 Å². The SMILES string of the molecule is CCCC(=O)NC1CCCN(C(=O)[C@H]2CNC[C@@H]2c2cnn(C)c2)C1.Cl. The molecule has 0 saturated carbocycles. The molecule has 0 aromatic carbocycles. The maximum atomic E-state index is 13.1. The van der Waals surface area contributed by atoms with E-state index in [9.17, 15) is 9.59 Å². The van der Waals surface area contributed by atoms with Crippen molar-refractivity contribution in [2.45, 2.75) is 44.6 Å². The molecule has 3 atom stereocenters. The van der Waals surface area contributed by atoms with Crippen LogP contribution in [0.5, 0.6) is 0 Å². The van der Waals surface area contributed by atoms with Crippen LogP contribution in [0.3, 0.4) is 0 Å². The number of rotatable bonds is 5. The standard InChI is InChI=1S/C18H29N5O2.ClH/c1-3-5-17(24)21-14-6-4-7-23(12-14)18(25)16-10-19-9-15(16)13-8-20-22(2)11-13;/h8,11,14-16,19H,3-7,9-10,12H2,1-2H3,(H,21,24);1H/t14?,15-,16+;/m1./s1. The van der Waals surface area contributed by atoms with E-state index in [1.165, 1.54) is 0 Å². The fourth-order valence-corrected chi connectivity index (χ4v) is 3.98. The number of halogens is 1. The monoisotopic (exact) mass is 383 g/mol. The second kappa shape index (κ2) is 9.37. The Kier molecular flexibility index (Phi) is 7.46. The van der Waals surface area contributed by atoms with Gasteiger partial charge in [0.25, 0.3) is 0 Å². The Balaban J connectivity index is 0.00000243. The fraction of sp³-hybridized carbons (Fsp3) is 0.722. The number of hydrogen-bond donors (Lipinski definition) is 2. The van der Waals surface area contributed by atoms with Gasteiger partial charge >= 0.3 is 0 Å². The highest BCUT2D eigenvalue weighted by molar-refractivity contribution is 5.85. The average Bonchev–Trinajstić information content (AvgIpc) is 3.23. The first kappa shape index (κ1) is 20.7. The van der Waals surface area contributed by atoms with Crippen molar-refractivity contribution in [2.75, 3.05) is 26.2 Å². The van der Waals surface area contributed by atoms with Crippen LogP contribution < -0.4 is 10.6 Å². The maximum Gasteiger partial charge on any atom is 0.227 e. The summed E-state index contributed by atoms with van der Waals surface area (Å²) in [5.41, 5.74) is 1.12. The molecule has 8 heteroatoms. The Morgan fingerprint density at radius 1 is 1.38 bits per heavy atom. The summed E-state index contributed by atoms with van der Waals surface area (Å²) in [7, 11) is 1.90. The molecule has 26 heavy (non-hydrogen) atoms. The summed E-state index contributed by atoms with van der Waals surface area (Å²) >= 11 is 0. The number of aryl methyl sites for hydroxylation is 1. The lowest BCUT2D eigenvalue weighted by molar-refractivity contribution is -0.137. The van der Waals surface area contributed by atoms with Gasteiger partial charge in [0.2, 0.25) is 11.8 Å². The summed E-state index contributed by atoms with van der Waals surface area (Å²) in [5, 5.41) is 10.7. The minimum Gasteiger partial charge on any atom is -0.352 e.